The number of hydrogen-bond donors (Lipinski definition) is 1. The van der Waals surface area contributed by atoms with Crippen molar-refractivity contribution >= 4 is 29.1 Å². The third-order valence-corrected chi connectivity index (χ3v) is 5.55. The van der Waals surface area contributed by atoms with Crippen LogP contribution in [0.1, 0.15) is 18.4 Å². The van der Waals surface area contributed by atoms with Gasteiger partial charge in [0.05, 0.1) is 7.11 Å². The second-order valence-electron chi connectivity index (χ2n) is 7.38. The zero-order valence-corrected chi connectivity index (χ0v) is 18.0. The minimum atomic E-state index is -0.0182. The molecule has 0 radical (unpaired) electrons. The molecule has 30 heavy (non-hydrogen) atoms. The Bertz CT molecular complexity index is 832. The van der Waals surface area contributed by atoms with Crippen molar-refractivity contribution in [1.29, 1.82) is 0 Å². The van der Waals surface area contributed by atoms with Crippen molar-refractivity contribution < 1.29 is 14.3 Å². The summed E-state index contributed by atoms with van der Waals surface area (Å²) in [7, 11) is 1.64. The summed E-state index contributed by atoms with van der Waals surface area (Å²) in [5.74, 6) is 0.990. The highest BCUT2D eigenvalue weighted by Gasteiger charge is 2.21. The SMILES string of the molecule is COc1ccc(CCC(=O)N2CCN(CCC(=O)Nc3ccc(Cl)cc3)CC2)cc1. The van der Waals surface area contributed by atoms with Crippen LogP contribution in [-0.2, 0) is 16.0 Å². The number of halogens is 1. The van der Waals surface area contributed by atoms with E-state index in [0.717, 1.165) is 36.5 Å². The molecule has 1 aliphatic rings. The molecule has 0 atom stereocenters. The Morgan fingerprint density at radius 1 is 0.967 bits per heavy atom. The first kappa shape index (κ1) is 22.1. The molecule has 0 bridgehead atoms. The van der Waals surface area contributed by atoms with Crippen molar-refractivity contribution in [1.82, 2.24) is 9.80 Å². The summed E-state index contributed by atoms with van der Waals surface area (Å²) < 4.78 is 5.16. The van der Waals surface area contributed by atoms with Crippen molar-refractivity contribution in [3.63, 3.8) is 0 Å². The van der Waals surface area contributed by atoms with E-state index in [-0.39, 0.29) is 11.8 Å². The summed E-state index contributed by atoms with van der Waals surface area (Å²) in [4.78, 5) is 28.8. The van der Waals surface area contributed by atoms with Gasteiger partial charge >= 0.3 is 0 Å². The maximum Gasteiger partial charge on any atom is 0.225 e. The number of ether oxygens (including phenoxy) is 1. The van der Waals surface area contributed by atoms with E-state index in [9.17, 15) is 9.59 Å². The van der Waals surface area contributed by atoms with Crippen LogP contribution in [0.3, 0.4) is 0 Å². The predicted octanol–water partition coefficient (Wildman–Crippen LogP) is 3.45. The summed E-state index contributed by atoms with van der Waals surface area (Å²) in [5, 5.41) is 3.52. The molecule has 2 aromatic carbocycles. The van der Waals surface area contributed by atoms with Gasteiger partial charge in [0, 0.05) is 56.3 Å². The number of aryl methyl sites for hydroxylation is 1. The van der Waals surface area contributed by atoms with Gasteiger partial charge in [-0.3, -0.25) is 14.5 Å². The average Bonchev–Trinajstić information content (AvgIpc) is 2.78. The lowest BCUT2D eigenvalue weighted by atomic mass is 10.1. The molecule has 1 fully saturated rings. The highest BCUT2D eigenvalue weighted by atomic mass is 35.5. The molecule has 2 aromatic rings. The van der Waals surface area contributed by atoms with Gasteiger partial charge < -0.3 is 15.0 Å². The maximum absolute atomic E-state index is 12.5. The van der Waals surface area contributed by atoms with Crippen LogP contribution in [0.5, 0.6) is 5.75 Å². The smallest absolute Gasteiger partial charge is 0.225 e. The fourth-order valence-electron chi connectivity index (χ4n) is 3.44. The van der Waals surface area contributed by atoms with Crippen molar-refractivity contribution in [2.75, 3.05) is 45.2 Å². The van der Waals surface area contributed by atoms with E-state index in [1.807, 2.05) is 29.2 Å². The number of nitrogens with one attached hydrogen (secondary N) is 1. The van der Waals surface area contributed by atoms with E-state index in [4.69, 9.17) is 16.3 Å². The molecule has 3 rings (SSSR count). The number of carbonyl (C=O) groups is 2. The van der Waals surface area contributed by atoms with Crippen LogP contribution < -0.4 is 10.1 Å². The van der Waals surface area contributed by atoms with Crippen LogP contribution in [0.2, 0.25) is 5.02 Å². The van der Waals surface area contributed by atoms with E-state index >= 15 is 0 Å². The number of methoxy groups -OCH3 is 1. The average molecular weight is 430 g/mol. The van der Waals surface area contributed by atoms with Gasteiger partial charge in [0.15, 0.2) is 0 Å². The Morgan fingerprint density at radius 2 is 1.63 bits per heavy atom. The summed E-state index contributed by atoms with van der Waals surface area (Å²) in [6.45, 7) is 3.69. The first-order valence-corrected chi connectivity index (χ1v) is 10.6. The van der Waals surface area contributed by atoms with Gasteiger partial charge in [-0.1, -0.05) is 23.7 Å². The van der Waals surface area contributed by atoms with Gasteiger partial charge in [0.25, 0.3) is 0 Å². The van der Waals surface area contributed by atoms with Gasteiger partial charge in [-0.15, -0.1) is 0 Å². The van der Waals surface area contributed by atoms with Gasteiger partial charge in [0.2, 0.25) is 11.8 Å². The molecule has 0 aliphatic carbocycles. The Labute approximate surface area is 182 Å². The molecule has 1 saturated heterocycles. The molecule has 0 spiro atoms. The van der Waals surface area contributed by atoms with Gasteiger partial charge in [-0.05, 0) is 48.4 Å². The highest BCUT2D eigenvalue weighted by Crippen LogP contribution is 2.15. The maximum atomic E-state index is 12.5. The minimum absolute atomic E-state index is 0.0182. The molecule has 6 nitrogen and oxygen atoms in total. The van der Waals surface area contributed by atoms with E-state index in [1.165, 1.54) is 0 Å². The number of piperazine rings is 1. The zero-order chi connectivity index (χ0) is 21.3. The van der Waals surface area contributed by atoms with Crippen LogP contribution in [0, 0.1) is 0 Å². The van der Waals surface area contributed by atoms with Crippen molar-refractivity contribution in [3.8, 4) is 5.75 Å². The first-order chi connectivity index (χ1) is 14.5. The van der Waals surface area contributed by atoms with Crippen LogP contribution in [0.4, 0.5) is 5.69 Å². The normalized spacial score (nSPS) is 14.4. The number of benzene rings is 2. The summed E-state index contributed by atoms with van der Waals surface area (Å²) in [6, 6.07) is 14.9. The second kappa shape index (κ2) is 11.0. The summed E-state index contributed by atoms with van der Waals surface area (Å²) in [6.07, 6.45) is 1.66. The molecule has 0 saturated carbocycles. The van der Waals surface area contributed by atoms with Crippen LogP contribution >= 0.6 is 11.6 Å². The molecular weight excluding hydrogens is 402 g/mol. The van der Waals surface area contributed by atoms with E-state index in [1.54, 1.807) is 31.4 Å². The Morgan fingerprint density at radius 3 is 2.27 bits per heavy atom. The largest absolute Gasteiger partial charge is 0.497 e. The Hall–Kier alpha value is -2.57. The highest BCUT2D eigenvalue weighted by molar-refractivity contribution is 6.30. The fourth-order valence-corrected chi connectivity index (χ4v) is 3.56. The second-order valence-corrected chi connectivity index (χ2v) is 7.81. The molecule has 1 heterocycles. The van der Waals surface area contributed by atoms with E-state index < -0.39 is 0 Å². The van der Waals surface area contributed by atoms with Crippen LogP contribution in [0.15, 0.2) is 48.5 Å². The number of hydrogen-bond acceptors (Lipinski definition) is 4. The summed E-state index contributed by atoms with van der Waals surface area (Å²) in [5.41, 5.74) is 1.88. The van der Waals surface area contributed by atoms with Gasteiger partial charge in [-0.2, -0.15) is 0 Å². The monoisotopic (exact) mass is 429 g/mol. The molecule has 2 amide bonds. The van der Waals surface area contributed by atoms with Crippen LogP contribution in [0.25, 0.3) is 0 Å². The van der Waals surface area contributed by atoms with Crippen LogP contribution in [-0.4, -0.2) is 61.4 Å². The zero-order valence-electron chi connectivity index (χ0n) is 17.3. The molecular formula is C23H28ClN3O3. The molecule has 1 aliphatic heterocycles. The van der Waals surface area contributed by atoms with E-state index in [2.05, 4.69) is 10.2 Å². The standard InChI is InChI=1S/C23H28ClN3O3/c1-30-21-9-2-18(3-10-21)4-11-23(29)27-16-14-26(15-17-27)13-12-22(28)25-20-7-5-19(24)6-8-20/h2-3,5-10H,4,11-17H2,1H3,(H,25,28). The van der Waals surface area contributed by atoms with Gasteiger partial charge in [-0.25, -0.2) is 0 Å². The molecule has 160 valence electrons. The van der Waals surface area contributed by atoms with Gasteiger partial charge in [0.1, 0.15) is 5.75 Å². The number of amides is 2. The fraction of sp³-hybridized carbons (Fsp3) is 0.391. The Balaban J connectivity index is 1.34. The number of carbonyl (C=O) groups excluding carboxylic acids is 2. The third-order valence-electron chi connectivity index (χ3n) is 5.29. The lowest BCUT2D eigenvalue weighted by molar-refractivity contribution is -0.133. The minimum Gasteiger partial charge on any atom is -0.497 e. The molecule has 0 aromatic heterocycles. The topological polar surface area (TPSA) is 61.9 Å². The summed E-state index contributed by atoms with van der Waals surface area (Å²) >= 11 is 5.86. The number of rotatable bonds is 8. The van der Waals surface area contributed by atoms with E-state index in [0.29, 0.717) is 37.5 Å². The molecule has 0 unspecified atom stereocenters. The lowest BCUT2D eigenvalue weighted by Crippen LogP contribution is -2.49. The lowest BCUT2D eigenvalue weighted by Gasteiger charge is -2.34. The van der Waals surface area contributed by atoms with Crippen molar-refractivity contribution in [2.45, 2.75) is 19.3 Å². The third kappa shape index (κ3) is 6.75. The predicted molar refractivity (Wildman–Crippen MR) is 119 cm³/mol. The number of anilines is 1. The van der Waals surface area contributed by atoms with Crippen molar-refractivity contribution in [3.05, 3.63) is 59.1 Å². The first-order valence-electron chi connectivity index (χ1n) is 10.2. The Kier molecular flexibility index (Phi) is 8.11. The quantitative estimate of drug-likeness (QED) is 0.698. The molecule has 7 heteroatoms. The molecule has 1 N–H and O–H groups in total. The van der Waals surface area contributed by atoms with Crippen molar-refractivity contribution in [2.24, 2.45) is 0 Å². The number of nitrogens with zero attached hydrogens (tertiary/aromatic N) is 2.